The summed E-state index contributed by atoms with van der Waals surface area (Å²) in [4.78, 5) is 17.0. The Morgan fingerprint density at radius 2 is 2.18 bits per heavy atom. The number of carbonyl (C=O) groups excluding carboxylic acids is 1. The van der Waals surface area contributed by atoms with Crippen LogP contribution in [0.1, 0.15) is 16.6 Å². The van der Waals surface area contributed by atoms with Gasteiger partial charge in [-0.2, -0.15) is 0 Å². The predicted molar refractivity (Wildman–Crippen MR) is 89.1 cm³/mol. The van der Waals surface area contributed by atoms with Crippen molar-refractivity contribution in [3.05, 3.63) is 39.3 Å². The van der Waals surface area contributed by atoms with Gasteiger partial charge in [-0.05, 0) is 36.7 Å². The molecule has 0 N–H and O–H groups in total. The summed E-state index contributed by atoms with van der Waals surface area (Å²) in [5.74, 6) is -0.0145. The van der Waals surface area contributed by atoms with Gasteiger partial charge in [0.05, 0.1) is 16.9 Å². The Balaban J connectivity index is 1.75. The molecule has 0 saturated carbocycles. The van der Waals surface area contributed by atoms with Gasteiger partial charge >= 0.3 is 0 Å². The molecular weight excluding hydrogens is 343 g/mol. The zero-order valence-electron chi connectivity index (χ0n) is 11.9. The second-order valence-corrected chi connectivity index (χ2v) is 6.80. The third kappa shape index (κ3) is 3.04. The summed E-state index contributed by atoms with van der Waals surface area (Å²) >= 11 is 13.4. The lowest BCUT2D eigenvalue weighted by Gasteiger charge is -2.41. The number of hydrogen-bond acceptors (Lipinski definition) is 5. The van der Waals surface area contributed by atoms with E-state index in [-0.39, 0.29) is 11.9 Å². The first-order valence-electron chi connectivity index (χ1n) is 6.84. The van der Waals surface area contributed by atoms with Gasteiger partial charge in [-0.3, -0.25) is 4.79 Å². The second kappa shape index (κ2) is 6.40. The van der Waals surface area contributed by atoms with Crippen LogP contribution in [0.3, 0.4) is 0 Å². The molecular formula is C14H14Cl2N4OS. The third-order valence-electron chi connectivity index (χ3n) is 3.71. The Hall–Kier alpha value is -1.37. The summed E-state index contributed by atoms with van der Waals surface area (Å²) in [6.45, 7) is 4.07. The van der Waals surface area contributed by atoms with Crippen LogP contribution in [0.5, 0.6) is 0 Å². The molecule has 1 unspecified atom stereocenters. The van der Waals surface area contributed by atoms with E-state index in [1.165, 1.54) is 6.20 Å². The number of nitrogens with zero attached hydrogens (tertiary/aromatic N) is 4. The van der Waals surface area contributed by atoms with Crippen LogP contribution in [0.15, 0.2) is 24.4 Å². The van der Waals surface area contributed by atoms with Crippen LogP contribution in [-0.4, -0.2) is 46.1 Å². The van der Waals surface area contributed by atoms with Crippen LogP contribution in [0, 0.1) is 0 Å². The summed E-state index contributed by atoms with van der Waals surface area (Å²) in [6.07, 6.45) is 1.51. The lowest BCUT2D eigenvalue weighted by Crippen LogP contribution is -2.54. The van der Waals surface area contributed by atoms with Crippen molar-refractivity contribution in [2.24, 2.45) is 0 Å². The molecule has 5 nitrogen and oxygen atoms in total. The third-order valence-corrected chi connectivity index (χ3v) is 4.92. The molecule has 1 saturated heterocycles. The molecule has 0 bridgehead atoms. The number of aromatic nitrogens is 2. The lowest BCUT2D eigenvalue weighted by atomic mass is 10.1. The lowest BCUT2D eigenvalue weighted by molar-refractivity contribution is 0.0679. The van der Waals surface area contributed by atoms with Crippen molar-refractivity contribution < 1.29 is 4.79 Å². The highest BCUT2D eigenvalue weighted by molar-refractivity contribution is 7.07. The maximum atomic E-state index is 12.4. The minimum absolute atomic E-state index is 0.0145. The smallest absolute Gasteiger partial charge is 0.267 e. The van der Waals surface area contributed by atoms with Gasteiger partial charge in [-0.1, -0.05) is 27.7 Å². The molecule has 1 fully saturated rings. The maximum Gasteiger partial charge on any atom is 0.267 e. The van der Waals surface area contributed by atoms with E-state index in [0.717, 1.165) is 17.2 Å². The summed E-state index contributed by atoms with van der Waals surface area (Å²) < 4.78 is 3.75. The molecule has 1 atom stereocenters. The Morgan fingerprint density at radius 1 is 1.36 bits per heavy atom. The zero-order valence-corrected chi connectivity index (χ0v) is 14.2. The van der Waals surface area contributed by atoms with Gasteiger partial charge in [-0.25, -0.2) is 0 Å². The number of halogens is 2. The Bertz CT molecular complexity index is 679. The number of anilines is 1. The van der Waals surface area contributed by atoms with Gasteiger partial charge in [0, 0.05) is 30.7 Å². The quantitative estimate of drug-likeness (QED) is 0.828. The minimum Gasteiger partial charge on any atom is -0.366 e. The van der Waals surface area contributed by atoms with Crippen molar-refractivity contribution in [3.63, 3.8) is 0 Å². The molecule has 2 aromatic rings. The molecule has 1 aromatic carbocycles. The SMILES string of the molecule is CC1CN(c2cc(Cl)ccc2Cl)CCN1C(=O)c1cnns1. The zero-order chi connectivity index (χ0) is 15.7. The molecule has 3 rings (SSSR count). The fourth-order valence-electron chi connectivity index (χ4n) is 2.61. The number of carbonyl (C=O) groups is 1. The van der Waals surface area contributed by atoms with Gasteiger partial charge in [-0.15, -0.1) is 5.10 Å². The molecule has 0 spiro atoms. The monoisotopic (exact) mass is 356 g/mol. The largest absolute Gasteiger partial charge is 0.366 e. The highest BCUT2D eigenvalue weighted by Gasteiger charge is 2.29. The number of amides is 1. The fraction of sp³-hybridized carbons (Fsp3) is 0.357. The topological polar surface area (TPSA) is 49.3 Å². The van der Waals surface area contributed by atoms with Crippen LogP contribution in [0.2, 0.25) is 10.0 Å². The van der Waals surface area contributed by atoms with Crippen LogP contribution in [-0.2, 0) is 0 Å². The number of piperazine rings is 1. The normalized spacial score (nSPS) is 18.6. The predicted octanol–water partition coefficient (Wildman–Crippen LogP) is 3.20. The summed E-state index contributed by atoms with van der Waals surface area (Å²) in [6, 6.07) is 5.50. The van der Waals surface area contributed by atoms with E-state index in [1.54, 1.807) is 12.1 Å². The Morgan fingerprint density at radius 3 is 2.86 bits per heavy atom. The maximum absolute atomic E-state index is 12.4. The summed E-state index contributed by atoms with van der Waals surface area (Å²) in [5, 5.41) is 5.05. The first-order valence-corrected chi connectivity index (χ1v) is 8.37. The molecule has 22 heavy (non-hydrogen) atoms. The van der Waals surface area contributed by atoms with E-state index in [1.807, 2.05) is 17.9 Å². The van der Waals surface area contributed by atoms with Crippen LogP contribution < -0.4 is 4.90 Å². The molecule has 1 aromatic heterocycles. The molecule has 1 aliphatic rings. The summed E-state index contributed by atoms with van der Waals surface area (Å²) in [5.41, 5.74) is 0.910. The van der Waals surface area contributed by atoms with Crippen molar-refractivity contribution in [2.75, 3.05) is 24.5 Å². The number of rotatable bonds is 2. The first-order chi connectivity index (χ1) is 10.6. The highest BCUT2D eigenvalue weighted by atomic mass is 35.5. The Kier molecular flexibility index (Phi) is 4.52. The van der Waals surface area contributed by atoms with Crippen LogP contribution >= 0.6 is 34.7 Å². The molecule has 0 aliphatic carbocycles. The van der Waals surface area contributed by atoms with Gasteiger partial charge in [0.15, 0.2) is 0 Å². The average molecular weight is 357 g/mol. The Labute approximate surface area is 142 Å². The molecule has 0 radical (unpaired) electrons. The summed E-state index contributed by atoms with van der Waals surface area (Å²) in [7, 11) is 0. The van der Waals surface area contributed by atoms with E-state index in [2.05, 4.69) is 14.5 Å². The van der Waals surface area contributed by atoms with E-state index in [4.69, 9.17) is 23.2 Å². The van der Waals surface area contributed by atoms with Crippen molar-refractivity contribution >= 4 is 46.3 Å². The van der Waals surface area contributed by atoms with Crippen molar-refractivity contribution in [1.82, 2.24) is 14.5 Å². The second-order valence-electron chi connectivity index (χ2n) is 5.17. The molecule has 1 aliphatic heterocycles. The highest BCUT2D eigenvalue weighted by Crippen LogP contribution is 2.30. The van der Waals surface area contributed by atoms with Crippen LogP contribution in [0.4, 0.5) is 5.69 Å². The van der Waals surface area contributed by atoms with Gasteiger partial charge in [0.25, 0.3) is 5.91 Å². The van der Waals surface area contributed by atoms with Gasteiger partial charge in [0.2, 0.25) is 0 Å². The number of hydrogen-bond donors (Lipinski definition) is 0. The molecule has 8 heteroatoms. The fourth-order valence-corrected chi connectivity index (χ4v) is 3.48. The molecule has 116 valence electrons. The number of benzene rings is 1. The van der Waals surface area contributed by atoms with E-state index in [9.17, 15) is 4.79 Å². The molecule has 2 heterocycles. The van der Waals surface area contributed by atoms with E-state index >= 15 is 0 Å². The van der Waals surface area contributed by atoms with Gasteiger partial charge in [0.1, 0.15) is 4.88 Å². The van der Waals surface area contributed by atoms with Gasteiger partial charge < -0.3 is 9.80 Å². The van der Waals surface area contributed by atoms with E-state index in [0.29, 0.717) is 34.6 Å². The average Bonchev–Trinajstić information content (AvgIpc) is 3.03. The van der Waals surface area contributed by atoms with Crippen molar-refractivity contribution in [1.29, 1.82) is 0 Å². The van der Waals surface area contributed by atoms with Crippen molar-refractivity contribution in [3.8, 4) is 0 Å². The standard InChI is InChI=1S/C14H14Cl2N4OS/c1-9-8-19(12-6-10(15)2-3-11(12)16)4-5-20(9)14(21)13-7-17-18-22-13/h2-3,6-7,9H,4-5,8H2,1H3. The van der Waals surface area contributed by atoms with Crippen molar-refractivity contribution in [2.45, 2.75) is 13.0 Å². The minimum atomic E-state index is -0.0145. The van der Waals surface area contributed by atoms with E-state index < -0.39 is 0 Å². The molecule has 1 amide bonds. The first kappa shape index (κ1) is 15.5. The van der Waals surface area contributed by atoms with Crippen LogP contribution in [0.25, 0.3) is 0 Å².